The van der Waals surface area contributed by atoms with Crippen molar-refractivity contribution in [2.45, 2.75) is 25.9 Å². The van der Waals surface area contributed by atoms with Crippen molar-refractivity contribution < 1.29 is 19.3 Å². The lowest BCUT2D eigenvalue weighted by molar-refractivity contribution is 0.0110. The van der Waals surface area contributed by atoms with Gasteiger partial charge in [-0.25, -0.2) is 0 Å². The Morgan fingerprint density at radius 2 is 1.80 bits per heavy atom. The lowest BCUT2D eigenvalue weighted by Crippen LogP contribution is -2.43. The zero-order chi connectivity index (χ0) is 15.0. The van der Waals surface area contributed by atoms with E-state index in [4.69, 9.17) is 14.2 Å². The predicted octanol–water partition coefficient (Wildman–Crippen LogP) is 1.83. The van der Waals surface area contributed by atoms with E-state index >= 15 is 0 Å². The predicted molar refractivity (Wildman–Crippen MR) is 78.8 cm³/mol. The van der Waals surface area contributed by atoms with Gasteiger partial charge in [0.15, 0.2) is 11.5 Å². The topological polar surface area (TPSA) is 60.0 Å². The number of aliphatic hydroxyl groups is 1. The Kier molecular flexibility index (Phi) is 6.61. The largest absolute Gasteiger partial charge is 0.493 e. The molecule has 1 aromatic rings. The molecule has 2 N–H and O–H groups in total. The summed E-state index contributed by atoms with van der Waals surface area (Å²) in [5, 5.41) is 13.4. The molecule has 0 saturated carbocycles. The molecule has 0 fully saturated rings. The Hall–Kier alpha value is -1.46. The third-order valence-electron chi connectivity index (χ3n) is 2.84. The summed E-state index contributed by atoms with van der Waals surface area (Å²) in [6.45, 7) is 5.31. The highest BCUT2D eigenvalue weighted by atomic mass is 16.5. The van der Waals surface area contributed by atoms with Crippen molar-refractivity contribution in [2.24, 2.45) is 0 Å². The van der Waals surface area contributed by atoms with Crippen LogP contribution in [0.1, 0.15) is 20.3 Å². The molecule has 1 aromatic carbocycles. The first-order valence-corrected chi connectivity index (χ1v) is 6.81. The van der Waals surface area contributed by atoms with Crippen LogP contribution in [0.25, 0.3) is 0 Å². The van der Waals surface area contributed by atoms with Crippen molar-refractivity contribution in [3.8, 4) is 17.2 Å². The van der Waals surface area contributed by atoms with Crippen molar-refractivity contribution in [2.75, 3.05) is 33.9 Å². The van der Waals surface area contributed by atoms with E-state index in [2.05, 4.69) is 12.2 Å². The summed E-state index contributed by atoms with van der Waals surface area (Å²) in [7, 11) is 3.14. The van der Waals surface area contributed by atoms with Crippen LogP contribution < -0.4 is 19.5 Å². The zero-order valence-electron chi connectivity index (χ0n) is 12.7. The van der Waals surface area contributed by atoms with Crippen molar-refractivity contribution >= 4 is 0 Å². The minimum Gasteiger partial charge on any atom is -0.493 e. The van der Waals surface area contributed by atoms with Gasteiger partial charge in [-0.05, 0) is 32.0 Å². The van der Waals surface area contributed by atoms with Gasteiger partial charge in [0.05, 0.1) is 14.2 Å². The molecule has 5 nitrogen and oxygen atoms in total. The normalized spacial score (nSPS) is 13.7. The molecule has 0 saturated heterocycles. The fourth-order valence-corrected chi connectivity index (χ4v) is 1.77. The van der Waals surface area contributed by atoms with E-state index in [9.17, 15) is 5.11 Å². The van der Waals surface area contributed by atoms with Crippen LogP contribution >= 0.6 is 0 Å². The molecule has 114 valence electrons. The number of hydrogen-bond acceptors (Lipinski definition) is 5. The molecule has 0 radical (unpaired) electrons. The maximum absolute atomic E-state index is 10.3. The molecule has 0 bridgehead atoms. The molecular weight excluding hydrogens is 258 g/mol. The average Bonchev–Trinajstić information content (AvgIpc) is 2.44. The molecule has 20 heavy (non-hydrogen) atoms. The summed E-state index contributed by atoms with van der Waals surface area (Å²) in [6, 6.07) is 5.41. The second kappa shape index (κ2) is 7.97. The Labute approximate surface area is 120 Å². The Morgan fingerprint density at radius 1 is 1.20 bits per heavy atom. The van der Waals surface area contributed by atoms with E-state index in [1.54, 1.807) is 33.3 Å². The number of ether oxygens (including phenoxy) is 3. The minimum atomic E-state index is -0.957. The van der Waals surface area contributed by atoms with E-state index < -0.39 is 5.60 Å². The van der Waals surface area contributed by atoms with Crippen molar-refractivity contribution in [1.82, 2.24) is 5.32 Å². The first-order valence-electron chi connectivity index (χ1n) is 6.81. The Balaban J connectivity index is 2.68. The van der Waals surface area contributed by atoms with E-state index in [0.717, 1.165) is 13.0 Å². The number of para-hydroxylation sites is 1. The van der Waals surface area contributed by atoms with Crippen LogP contribution in [-0.2, 0) is 0 Å². The molecule has 0 aliphatic rings. The van der Waals surface area contributed by atoms with Gasteiger partial charge in [0, 0.05) is 6.54 Å². The van der Waals surface area contributed by atoms with E-state index in [-0.39, 0.29) is 6.61 Å². The maximum atomic E-state index is 10.3. The van der Waals surface area contributed by atoms with Gasteiger partial charge in [-0.2, -0.15) is 0 Å². The summed E-state index contributed by atoms with van der Waals surface area (Å²) in [4.78, 5) is 0. The third kappa shape index (κ3) is 4.90. The molecule has 0 aromatic heterocycles. The number of methoxy groups -OCH3 is 2. The average molecular weight is 283 g/mol. The number of benzene rings is 1. The van der Waals surface area contributed by atoms with Crippen molar-refractivity contribution in [1.29, 1.82) is 0 Å². The Morgan fingerprint density at radius 3 is 2.30 bits per heavy atom. The number of nitrogens with one attached hydrogen (secondary N) is 1. The molecule has 1 atom stereocenters. The van der Waals surface area contributed by atoms with E-state index in [0.29, 0.717) is 23.8 Å². The molecule has 1 unspecified atom stereocenters. The molecular formula is C15H25NO4. The highest BCUT2D eigenvalue weighted by Crippen LogP contribution is 2.37. The molecule has 5 heteroatoms. The van der Waals surface area contributed by atoms with Gasteiger partial charge in [0.25, 0.3) is 0 Å². The van der Waals surface area contributed by atoms with Gasteiger partial charge in [-0.15, -0.1) is 0 Å². The Bertz CT molecular complexity index is 385. The zero-order valence-corrected chi connectivity index (χ0v) is 12.7. The second-order valence-corrected chi connectivity index (χ2v) is 4.95. The van der Waals surface area contributed by atoms with Gasteiger partial charge in [-0.1, -0.05) is 13.0 Å². The molecule has 0 aliphatic heterocycles. The van der Waals surface area contributed by atoms with Gasteiger partial charge in [0.1, 0.15) is 12.2 Å². The van der Waals surface area contributed by atoms with Crippen LogP contribution in [-0.4, -0.2) is 44.6 Å². The lowest BCUT2D eigenvalue weighted by atomic mass is 10.1. The molecule has 0 heterocycles. The van der Waals surface area contributed by atoms with Crippen LogP contribution in [0.4, 0.5) is 0 Å². The first-order chi connectivity index (χ1) is 9.54. The van der Waals surface area contributed by atoms with Crippen LogP contribution in [0.2, 0.25) is 0 Å². The van der Waals surface area contributed by atoms with Gasteiger partial charge < -0.3 is 24.6 Å². The van der Waals surface area contributed by atoms with Gasteiger partial charge in [-0.3, -0.25) is 0 Å². The summed E-state index contributed by atoms with van der Waals surface area (Å²) < 4.78 is 16.2. The number of hydrogen-bond donors (Lipinski definition) is 2. The van der Waals surface area contributed by atoms with Gasteiger partial charge >= 0.3 is 0 Å². The highest BCUT2D eigenvalue weighted by molar-refractivity contribution is 5.51. The fraction of sp³-hybridized carbons (Fsp3) is 0.600. The van der Waals surface area contributed by atoms with Crippen LogP contribution in [0.5, 0.6) is 17.2 Å². The second-order valence-electron chi connectivity index (χ2n) is 4.95. The molecule has 0 spiro atoms. The summed E-state index contributed by atoms with van der Waals surface area (Å²) >= 11 is 0. The highest BCUT2D eigenvalue weighted by Gasteiger charge is 2.23. The maximum Gasteiger partial charge on any atom is 0.203 e. The van der Waals surface area contributed by atoms with Gasteiger partial charge in [0.2, 0.25) is 5.75 Å². The van der Waals surface area contributed by atoms with Crippen molar-refractivity contribution in [3.05, 3.63) is 18.2 Å². The molecule has 0 amide bonds. The quantitative estimate of drug-likeness (QED) is 0.677. The lowest BCUT2D eigenvalue weighted by Gasteiger charge is -2.25. The smallest absolute Gasteiger partial charge is 0.203 e. The number of rotatable bonds is 9. The summed E-state index contributed by atoms with van der Waals surface area (Å²) in [6.07, 6.45) is 1.03. The summed E-state index contributed by atoms with van der Waals surface area (Å²) in [5.41, 5.74) is -0.957. The fourth-order valence-electron chi connectivity index (χ4n) is 1.77. The van der Waals surface area contributed by atoms with E-state index in [1.165, 1.54) is 0 Å². The molecule has 1 rings (SSSR count). The first kappa shape index (κ1) is 16.6. The van der Waals surface area contributed by atoms with Crippen LogP contribution in [0, 0.1) is 0 Å². The monoisotopic (exact) mass is 283 g/mol. The van der Waals surface area contributed by atoms with E-state index in [1.807, 2.05) is 6.07 Å². The SMILES string of the molecule is CCCNCC(C)(O)COc1c(OC)cccc1OC. The third-order valence-corrected chi connectivity index (χ3v) is 2.84. The van der Waals surface area contributed by atoms with Crippen LogP contribution in [0.3, 0.4) is 0 Å². The summed E-state index contributed by atoms with van der Waals surface area (Å²) in [5.74, 6) is 1.68. The standard InChI is InChI=1S/C15H25NO4/c1-5-9-16-10-15(2,17)11-20-14-12(18-3)7-6-8-13(14)19-4/h6-8,16-17H,5,9-11H2,1-4H3. The minimum absolute atomic E-state index is 0.153. The van der Waals surface area contributed by atoms with Crippen LogP contribution in [0.15, 0.2) is 18.2 Å². The molecule has 0 aliphatic carbocycles. The van der Waals surface area contributed by atoms with Crippen molar-refractivity contribution in [3.63, 3.8) is 0 Å².